The highest BCUT2D eigenvalue weighted by atomic mass is 16.7. The zero-order chi connectivity index (χ0) is 27.2. The summed E-state index contributed by atoms with van der Waals surface area (Å²) in [7, 11) is 5.57. The van der Waals surface area contributed by atoms with Gasteiger partial charge in [0.25, 0.3) is 5.91 Å². The number of rotatable bonds is 10. The van der Waals surface area contributed by atoms with Gasteiger partial charge < -0.3 is 25.8 Å². The van der Waals surface area contributed by atoms with E-state index in [0.29, 0.717) is 38.2 Å². The summed E-state index contributed by atoms with van der Waals surface area (Å²) in [5.74, 6) is 0.674. The van der Waals surface area contributed by atoms with E-state index in [-0.39, 0.29) is 11.8 Å². The summed E-state index contributed by atoms with van der Waals surface area (Å²) in [5.41, 5.74) is 12.0. The number of aliphatic hydroxyl groups is 1. The van der Waals surface area contributed by atoms with Gasteiger partial charge in [-0.05, 0) is 48.7 Å². The molecule has 0 aromatic heterocycles. The van der Waals surface area contributed by atoms with Crippen LogP contribution in [0.1, 0.15) is 28.4 Å². The summed E-state index contributed by atoms with van der Waals surface area (Å²) in [6, 6.07) is 19.5. The number of hydroxylamine groups is 2. The fourth-order valence-electron chi connectivity index (χ4n) is 4.67. The van der Waals surface area contributed by atoms with Crippen molar-refractivity contribution in [3.8, 4) is 16.9 Å². The fourth-order valence-corrected chi connectivity index (χ4v) is 4.67. The van der Waals surface area contributed by atoms with Gasteiger partial charge in [0.2, 0.25) is 0 Å². The first-order chi connectivity index (χ1) is 18.3. The second-order valence-electron chi connectivity index (χ2n) is 9.98. The fraction of sp³-hybridized carbons (Fsp3) is 0.367. The zero-order valence-corrected chi connectivity index (χ0v) is 22.6. The lowest BCUT2D eigenvalue weighted by Crippen LogP contribution is -2.26. The Morgan fingerprint density at radius 2 is 1.95 bits per heavy atom. The number of aliphatic hydroxyl groups excluding tert-OH is 1. The minimum atomic E-state index is -0.420. The number of nitrogens with zero attached hydrogens (tertiary/aromatic N) is 2. The van der Waals surface area contributed by atoms with Crippen molar-refractivity contribution >= 4 is 17.3 Å². The Balaban J connectivity index is 1.57. The average Bonchev–Trinajstić information content (AvgIpc) is 3.38. The minimum absolute atomic E-state index is 0.0837. The Bertz CT molecular complexity index is 1260. The Kier molecular flexibility index (Phi) is 8.89. The normalized spacial score (nSPS) is 16.3. The van der Waals surface area contributed by atoms with Crippen LogP contribution in [0, 0.1) is 5.92 Å². The van der Waals surface area contributed by atoms with Gasteiger partial charge in [-0.3, -0.25) is 9.63 Å². The molecule has 0 spiro atoms. The Morgan fingerprint density at radius 1 is 1.18 bits per heavy atom. The average molecular weight is 519 g/mol. The molecule has 1 amide bonds. The number of carbonyl (C=O) groups excluding carboxylic acids is 1. The van der Waals surface area contributed by atoms with Gasteiger partial charge in [-0.15, -0.1) is 0 Å². The maximum Gasteiger partial charge on any atom is 0.251 e. The quantitative estimate of drug-likeness (QED) is 0.352. The maximum absolute atomic E-state index is 13.2. The van der Waals surface area contributed by atoms with E-state index in [9.17, 15) is 9.90 Å². The van der Waals surface area contributed by atoms with Crippen molar-refractivity contribution in [3.63, 3.8) is 0 Å². The molecule has 3 aromatic carbocycles. The molecule has 38 heavy (non-hydrogen) atoms. The zero-order valence-electron chi connectivity index (χ0n) is 22.6. The number of carbonyl (C=O) groups is 1. The molecule has 0 bridgehead atoms. The van der Waals surface area contributed by atoms with E-state index in [0.717, 1.165) is 39.4 Å². The molecule has 1 heterocycles. The molecule has 0 saturated carbocycles. The van der Waals surface area contributed by atoms with Gasteiger partial charge >= 0.3 is 0 Å². The summed E-state index contributed by atoms with van der Waals surface area (Å²) in [4.78, 5) is 21.0. The van der Waals surface area contributed by atoms with Crippen molar-refractivity contribution in [3.05, 3.63) is 77.4 Å². The summed E-state index contributed by atoms with van der Waals surface area (Å²) in [6.07, 6.45) is 0.236. The molecule has 8 nitrogen and oxygen atoms in total. The molecular formula is C30H38N4O4. The van der Waals surface area contributed by atoms with Gasteiger partial charge in [-0.2, -0.15) is 5.06 Å². The molecule has 1 aliphatic rings. The lowest BCUT2D eigenvalue weighted by molar-refractivity contribution is -0.118. The number of nitrogens with two attached hydrogens (primary N) is 1. The molecular weight excluding hydrogens is 480 g/mol. The molecule has 202 valence electrons. The lowest BCUT2D eigenvalue weighted by atomic mass is 9.98. The molecule has 8 heteroatoms. The van der Waals surface area contributed by atoms with Crippen molar-refractivity contribution in [1.29, 1.82) is 0 Å². The van der Waals surface area contributed by atoms with Crippen LogP contribution in [0.2, 0.25) is 0 Å². The summed E-state index contributed by atoms with van der Waals surface area (Å²) in [5, 5.41) is 14.8. The summed E-state index contributed by atoms with van der Waals surface area (Å²) in [6.45, 7) is 3.96. The molecule has 4 N–H and O–H groups in total. The summed E-state index contributed by atoms with van der Waals surface area (Å²) >= 11 is 0. The molecule has 0 unspecified atom stereocenters. The van der Waals surface area contributed by atoms with Crippen molar-refractivity contribution in [2.24, 2.45) is 5.92 Å². The first-order valence-corrected chi connectivity index (χ1v) is 12.9. The van der Waals surface area contributed by atoms with E-state index in [4.69, 9.17) is 15.3 Å². The summed E-state index contributed by atoms with van der Waals surface area (Å²) < 4.78 is 5.88. The van der Waals surface area contributed by atoms with E-state index in [1.807, 2.05) is 78.7 Å². The molecule has 4 rings (SSSR count). The third kappa shape index (κ3) is 6.45. The number of methoxy groups -OCH3 is 1. The third-order valence-corrected chi connectivity index (χ3v) is 6.98. The maximum atomic E-state index is 13.2. The topological polar surface area (TPSA) is 100 Å². The van der Waals surface area contributed by atoms with Crippen LogP contribution in [0.4, 0.5) is 11.4 Å². The number of hydrogen-bond donors (Lipinski definition) is 3. The molecule has 0 radical (unpaired) electrons. The van der Waals surface area contributed by atoms with E-state index in [1.54, 1.807) is 14.0 Å². The number of nitrogen functional groups attached to an aromatic ring is 1. The number of nitrogens with one attached hydrogen (secondary N) is 1. The van der Waals surface area contributed by atoms with Gasteiger partial charge in [-0.1, -0.05) is 36.4 Å². The van der Waals surface area contributed by atoms with Crippen LogP contribution in [0.25, 0.3) is 11.1 Å². The second-order valence-corrected chi connectivity index (χ2v) is 9.98. The SMILES string of the molecule is COc1c(CN2C[C@H]([C@H](C)O)CO2)cccc1-c1cc(C(=O)NCCc2ccccc2N)cc(N(C)C)c1. The molecule has 1 saturated heterocycles. The van der Waals surface area contributed by atoms with Crippen LogP contribution in [0.3, 0.4) is 0 Å². The number of para-hydroxylation sites is 2. The van der Waals surface area contributed by atoms with E-state index < -0.39 is 6.10 Å². The largest absolute Gasteiger partial charge is 0.496 e. The molecule has 1 fully saturated rings. The van der Waals surface area contributed by atoms with Crippen molar-refractivity contribution < 1.29 is 19.5 Å². The van der Waals surface area contributed by atoms with Crippen LogP contribution in [-0.2, 0) is 17.8 Å². The predicted molar refractivity (Wildman–Crippen MR) is 151 cm³/mol. The molecule has 1 aliphatic heterocycles. The highest BCUT2D eigenvalue weighted by Gasteiger charge is 2.28. The predicted octanol–water partition coefficient (Wildman–Crippen LogP) is 3.73. The highest BCUT2D eigenvalue weighted by molar-refractivity contribution is 5.97. The van der Waals surface area contributed by atoms with Crippen molar-refractivity contribution in [2.75, 3.05) is 51.5 Å². The third-order valence-electron chi connectivity index (χ3n) is 6.98. The molecule has 0 aliphatic carbocycles. The van der Waals surface area contributed by atoms with Crippen molar-refractivity contribution in [1.82, 2.24) is 10.4 Å². The standard InChI is InChI=1S/C30H38N4O4/c1-20(35)25-18-34(38-19-25)17-22-9-7-10-27(29(22)37-4)23-14-24(16-26(15-23)33(2)3)30(36)32-13-12-21-8-5-6-11-28(21)31/h5-11,14-16,20,25,35H,12-13,17-19,31H2,1-4H3,(H,32,36)/t20-,25-/m0/s1. The first-order valence-electron chi connectivity index (χ1n) is 12.9. The Morgan fingerprint density at radius 3 is 2.63 bits per heavy atom. The van der Waals surface area contributed by atoms with Crippen molar-refractivity contribution in [2.45, 2.75) is 26.0 Å². The van der Waals surface area contributed by atoms with Crippen LogP contribution < -0.4 is 20.7 Å². The van der Waals surface area contributed by atoms with Gasteiger partial charge in [0.05, 0.1) is 26.4 Å². The van der Waals surface area contributed by atoms with Crippen LogP contribution >= 0.6 is 0 Å². The van der Waals surface area contributed by atoms with Gasteiger partial charge in [0, 0.05) is 61.2 Å². The van der Waals surface area contributed by atoms with Gasteiger partial charge in [0.1, 0.15) is 5.75 Å². The number of amides is 1. The molecule has 2 atom stereocenters. The van der Waals surface area contributed by atoms with E-state index in [1.165, 1.54) is 0 Å². The smallest absolute Gasteiger partial charge is 0.251 e. The highest BCUT2D eigenvalue weighted by Crippen LogP contribution is 2.36. The number of hydrogen-bond acceptors (Lipinski definition) is 7. The Labute approximate surface area is 224 Å². The number of ether oxygens (including phenoxy) is 1. The number of anilines is 2. The van der Waals surface area contributed by atoms with Crippen LogP contribution in [0.15, 0.2) is 60.7 Å². The van der Waals surface area contributed by atoms with Crippen LogP contribution in [-0.4, -0.2) is 63.1 Å². The lowest BCUT2D eigenvalue weighted by Gasteiger charge is -2.20. The van der Waals surface area contributed by atoms with Gasteiger partial charge in [-0.25, -0.2) is 0 Å². The first kappa shape index (κ1) is 27.4. The van der Waals surface area contributed by atoms with Crippen LogP contribution in [0.5, 0.6) is 5.75 Å². The van der Waals surface area contributed by atoms with E-state index >= 15 is 0 Å². The monoisotopic (exact) mass is 518 g/mol. The second kappa shape index (κ2) is 12.3. The van der Waals surface area contributed by atoms with E-state index in [2.05, 4.69) is 11.4 Å². The number of benzene rings is 3. The minimum Gasteiger partial charge on any atom is -0.496 e. The van der Waals surface area contributed by atoms with Gasteiger partial charge in [0.15, 0.2) is 0 Å². The Hall–Kier alpha value is -3.59. The molecule has 3 aromatic rings.